The summed E-state index contributed by atoms with van der Waals surface area (Å²) in [5.41, 5.74) is -1.30. The summed E-state index contributed by atoms with van der Waals surface area (Å²) >= 11 is 0. The van der Waals surface area contributed by atoms with E-state index in [2.05, 4.69) is 13.8 Å². The lowest BCUT2D eigenvalue weighted by Crippen LogP contribution is -2.45. The van der Waals surface area contributed by atoms with Crippen molar-refractivity contribution < 1.29 is 19.0 Å². The topological polar surface area (TPSA) is 48.1 Å². The van der Waals surface area contributed by atoms with Gasteiger partial charge in [-0.3, -0.25) is 0 Å². The number of ether oxygens (including phenoxy) is 3. The van der Waals surface area contributed by atoms with Crippen LogP contribution >= 0.6 is 0 Å². The minimum absolute atomic E-state index is 0.178. The summed E-state index contributed by atoms with van der Waals surface area (Å²) in [4.78, 5) is 11.9. The molecular formula is C13H22O4. The van der Waals surface area contributed by atoms with Crippen LogP contribution in [-0.2, 0) is 19.0 Å². The Hall–Kier alpha value is -0.610. The monoisotopic (exact) mass is 242 g/mol. The lowest BCUT2D eigenvalue weighted by Gasteiger charge is -2.37. The van der Waals surface area contributed by atoms with Gasteiger partial charge in [0.15, 0.2) is 5.60 Å². The summed E-state index contributed by atoms with van der Waals surface area (Å²) in [6.07, 6.45) is 2.47. The smallest absolute Gasteiger partial charge is 0.341 e. The molecule has 0 aromatic heterocycles. The van der Waals surface area contributed by atoms with Crippen molar-refractivity contribution in [1.82, 2.24) is 0 Å². The quantitative estimate of drug-likeness (QED) is 0.561. The van der Waals surface area contributed by atoms with Crippen LogP contribution in [0.2, 0.25) is 0 Å². The van der Waals surface area contributed by atoms with Gasteiger partial charge in [0, 0.05) is 12.8 Å². The molecule has 0 amide bonds. The Bertz CT molecular complexity index is 329. The first-order chi connectivity index (χ1) is 7.91. The van der Waals surface area contributed by atoms with Gasteiger partial charge in [-0.1, -0.05) is 6.92 Å². The van der Waals surface area contributed by atoms with E-state index in [9.17, 15) is 4.79 Å². The number of epoxide rings is 1. The Morgan fingerprint density at radius 2 is 2.06 bits per heavy atom. The average molecular weight is 242 g/mol. The van der Waals surface area contributed by atoms with Crippen molar-refractivity contribution in [1.29, 1.82) is 0 Å². The molecule has 0 aromatic rings. The first kappa shape index (κ1) is 12.8. The van der Waals surface area contributed by atoms with Gasteiger partial charge < -0.3 is 14.2 Å². The Balaban J connectivity index is 2.11. The number of hydrogen-bond acceptors (Lipinski definition) is 4. The summed E-state index contributed by atoms with van der Waals surface area (Å²) in [7, 11) is 0. The van der Waals surface area contributed by atoms with Crippen molar-refractivity contribution in [2.45, 2.75) is 63.8 Å². The van der Waals surface area contributed by atoms with Gasteiger partial charge in [-0.2, -0.15) is 0 Å². The van der Waals surface area contributed by atoms with Crippen LogP contribution in [-0.4, -0.2) is 36.0 Å². The van der Waals surface area contributed by atoms with Gasteiger partial charge in [0.1, 0.15) is 5.60 Å². The molecule has 2 fully saturated rings. The zero-order valence-electron chi connectivity index (χ0n) is 11.2. The second kappa shape index (κ2) is 3.95. The molecule has 0 bridgehead atoms. The standard InChI is InChI=1S/C13H22O4/c1-5-11(3)9-13(7-8-16-11)12(4,17-13)10(14)15-6-2/h5-9H2,1-4H3/t11-,12-,13?/m1/s1. The van der Waals surface area contributed by atoms with Gasteiger partial charge in [-0.05, 0) is 27.2 Å². The molecule has 2 rings (SSSR count). The van der Waals surface area contributed by atoms with Crippen LogP contribution in [0.1, 0.15) is 47.0 Å². The Morgan fingerprint density at radius 3 is 2.65 bits per heavy atom. The highest BCUT2D eigenvalue weighted by atomic mass is 16.7. The summed E-state index contributed by atoms with van der Waals surface area (Å²) in [5.74, 6) is -0.236. The Kier molecular flexibility index (Phi) is 2.99. The van der Waals surface area contributed by atoms with E-state index in [0.29, 0.717) is 13.2 Å². The molecule has 3 atom stereocenters. The van der Waals surface area contributed by atoms with Crippen LogP contribution in [0.3, 0.4) is 0 Å². The number of carbonyl (C=O) groups is 1. The third-order valence-corrected chi connectivity index (χ3v) is 4.26. The van der Waals surface area contributed by atoms with Crippen molar-refractivity contribution in [2.75, 3.05) is 13.2 Å². The van der Waals surface area contributed by atoms with Gasteiger partial charge in [0.05, 0.1) is 18.8 Å². The number of hydrogen-bond donors (Lipinski definition) is 0. The van der Waals surface area contributed by atoms with E-state index in [4.69, 9.17) is 14.2 Å². The summed E-state index contributed by atoms with van der Waals surface area (Å²) in [5, 5.41) is 0. The Morgan fingerprint density at radius 1 is 1.35 bits per heavy atom. The fourth-order valence-electron chi connectivity index (χ4n) is 2.79. The average Bonchev–Trinajstić information content (AvgIpc) is 2.84. The van der Waals surface area contributed by atoms with Crippen LogP contribution in [0, 0.1) is 0 Å². The molecule has 4 heteroatoms. The van der Waals surface area contributed by atoms with Gasteiger partial charge in [-0.25, -0.2) is 4.79 Å². The fraction of sp³-hybridized carbons (Fsp3) is 0.923. The zero-order chi connectivity index (χ0) is 12.7. The van der Waals surface area contributed by atoms with Crippen LogP contribution in [0.5, 0.6) is 0 Å². The highest BCUT2D eigenvalue weighted by molar-refractivity contribution is 5.84. The summed E-state index contributed by atoms with van der Waals surface area (Å²) in [6, 6.07) is 0. The van der Waals surface area contributed by atoms with Crippen molar-refractivity contribution in [3.63, 3.8) is 0 Å². The Labute approximate surface area is 103 Å². The van der Waals surface area contributed by atoms with Crippen LogP contribution < -0.4 is 0 Å². The minimum Gasteiger partial charge on any atom is -0.464 e. The molecule has 0 N–H and O–H groups in total. The summed E-state index contributed by atoms with van der Waals surface area (Å²) < 4.78 is 16.7. The molecule has 1 unspecified atom stereocenters. The van der Waals surface area contributed by atoms with Crippen molar-refractivity contribution in [2.24, 2.45) is 0 Å². The molecule has 2 saturated heterocycles. The normalized spacial score (nSPS) is 44.7. The molecule has 0 saturated carbocycles. The van der Waals surface area contributed by atoms with Crippen LogP contribution in [0.15, 0.2) is 0 Å². The first-order valence-electron chi connectivity index (χ1n) is 6.43. The lowest BCUT2D eigenvalue weighted by atomic mass is 9.78. The molecule has 0 aliphatic carbocycles. The van der Waals surface area contributed by atoms with Crippen LogP contribution in [0.25, 0.3) is 0 Å². The maximum absolute atomic E-state index is 11.9. The molecule has 2 aliphatic rings. The van der Waals surface area contributed by atoms with Gasteiger partial charge in [0.25, 0.3) is 0 Å². The van der Waals surface area contributed by atoms with Gasteiger partial charge in [-0.15, -0.1) is 0 Å². The predicted molar refractivity (Wildman–Crippen MR) is 62.7 cm³/mol. The third kappa shape index (κ3) is 1.87. The van der Waals surface area contributed by atoms with E-state index in [1.54, 1.807) is 0 Å². The van der Waals surface area contributed by atoms with Gasteiger partial charge >= 0.3 is 5.97 Å². The number of rotatable bonds is 3. The molecule has 98 valence electrons. The van der Waals surface area contributed by atoms with E-state index in [1.807, 2.05) is 13.8 Å². The third-order valence-electron chi connectivity index (χ3n) is 4.26. The fourth-order valence-corrected chi connectivity index (χ4v) is 2.79. The van der Waals surface area contributed by atoms with E-state index < -0.39 is 5.60 Å². The molecule has 0 aromatic carbocycles. The molecule has 17 heavy (non-hydrogen) atoms. The first-order valence-corrected chi connectivity index (χ1v) is 6.43. The van der Waals surface area contributed by atoms with Crippen molar-refractivity contribution in [3.05, 3.63) is 0 Å². The van der Waals surface area contributed by atoms with Crippen molar-refractivity contribution >= 4 is 5.97 Å². The van der Waals surface area contributed by atoms with Gasteiger partial charge in [0.2, 0.25) is 0 Å². The lowest BCUT2D eigenvalue weighted by molar-refractivity contribution is -0.149. The second-order valence-corrected chi connectivity index (χ2v) is 5.43. The zero-order valence-corrected chi connectivity index (χ0v) is 11.2. The molecule has 2 heterocycles. The van der Waals surface area contributed by atoms with E-state index >= 15 is 0 Å². The molecule has 0 radical (unpaired) electrons. The second-order valence-electron chi connectivity index (χ2n) is 5.43. The highest BCUT2D eigenvalue weighted by Crippen LogP contribution is 2.58. The molecule has 4 nitrogen and oxygen atoms in total. The maximum Gasteiger partial charge on any atom is 0.341 e. The molecule has 1 spiro atoms. The van der Waals surface area contributed by atoms with E-state index in [1.165, 1.54) is 0 Å². The number of carbonyl (C=O) groups excluding carboxylic acids is 1. The number of esters is 1. The van der Waals surface area contributed by atoms with Crippen molar-refractivity contribution in [3.8, 4) is 0 Å². The molecular weight excluding hydrogens is 220 g/mol. The van der Waals surface area contributed by atoms with E-state index in [0.717, 1.165) is 19.3 Å². The molecule has 2 aliphatic heterocycles. The van der Waals surface area contributed by atoms with Crippen LogP contribution in [0.4, 0.5) is 0 Å². The highest BCUT2D eigenvalue weighted by Gasteiger charge is 2.74. The van der Waals surface area contributed by atoms with E-state index in [-0.39, 0.29) is 17.2 Å². The predicted octanol–water partition coefficient (Wildman–Crippen LogP) is 2.06. The maximum atomic E-state index is 11.9. The summed E-state index contributed by atoms with van der Waals surface area (Å²) in [6.45, 7) is 8.89. The SMILES string of the molecule is CCOC(=O)[C@@]1(C)OC12CCO[C@](C)(CC)C2. The largest absolute Gasteiger partial charge is 0.464 e. The minimum atomic E-state index is -0.761.